The SMILES string of the molecule is CC(C)(C)c1ccc(C(=O)NC(=S)Nc2nccs2)cc1Br. The molecule has 2 aromatic rings. The number of benzene rings is 1. The lowest BCUT2D eigenvalue weighted by Crippen LogP contribution is -2.34. The molecule has 0 aliphatic carbocycles. The van der Waals surface area contributed by atoms with Crippen LogP contribution in [0, 0.1) is 0 Å². The maximum Gasteiger partial charge on any atom is 0.257 e. The first-order chi connectivity index (χ1) is 10.3. The van der Waals surface area contributed by atoms with E-state index in [1.807, 2.05) is 17.5 Å². The summed E-state index contributed by atoms with van der Waals surface area (Å²) < 4.78 is 0.909. The van der Waals surface area contributed by atoms with Gasteiger partial charge < -0.3 is 5.32 Å². The van der Waals surface area contributed by atoms with Crippen molar-refractivity contribution in [2.24, 2.45) is 0 Å². The summed E-state index contributed by atoms with van der Waals surface area (Å²) in [6.45, 7) is 6.37. The van der Waals surface area contributed by atoms with Gasteiger partial charge in [0, 0.05) is 21.6 Å². The Balaban J connectivity index is 2.07. The molecule has 0 radical (unpaired) electrons. The summed E-state index contributed by atoms with van der Waals surface area (Å²) in [5, 5.41) is 8.22. The largest absolute Gasteiger partial charge is 0.308 e. The fourth-order valence-corrected chi connectivity index (χ4v) is 3.61. The van der Waals surface area contributed by atoms with Crippen LogP contribution < -0.4 is 10.6 Å². The molecule has 2 rings (SSSR count). The van der Waals surface area contributed by atoms with Crippen LogP contribution in [-0.4, -0.2) is 16.0 Å². The van der Waals surface area contributed by atoms with Gasteiger partial charge in [0.1, 0.15) is 0 Å². The van der Waals surface area contributed by atoms with E-state index >= 15 is 0 Å². The van der Waals surface area contributed by atoms with Gasteiger partial charge in [-0.1, -0.05) is 42.8 Å². The standard InChI is InChI=1S/C15H16BrN3OS2/c1-15(2,3)10-5-4-9(8-11(10)16)12(20)18-13(21)19-14-17-6-7-22-14/h4-8H,1-3H3,(H2,17,18,19,20,21). The zero-order chi connectivity index (χ0) is 16.3. The fourth-order valence-electron chi connectivity index (χ4n) is 1.85. The van der Waals surface area contributed by atoms with Crippen molar-refractivity contribution in [3.05, 3.63) is 45.4 Å². The molecule has 1 heterocycles. The minimum absolute atomic E-state index is 0.00946. The quantitative estimate of drug-likeness (QED) is 0.740. The Hall–Kier alpha value is -1.31. The van der Waals surface area contributed by atoms with E-state index < -0.39 is 0 Å². The summed E-state index contributed by atoms with van der Waals surface area (Å²) in [5.74, 6) is -0.254. The van der Waals surface area contributed by atoms with E-state index in [0.717, 1.165) is 10.0 Å². The number of aromatic nitrogens is 1. The van der Waals surface area contributed by atoms with E-state index in [2.05, 4.69) is 52.3 Å². The molecule has 2 N–H and O–H groups in total. The lowest BCUT2D eigenvalue weighted by Gasteiger charge is -2.21. The van der Waals surface area contributed by atoms with Gasteiger partial charge in [-0.3, -0.25) is 10.1 Å². The Morgan fingerprint density at radius 3 is 2.64 bits per heavy atom. The van der Waals surface area contributed by atoms with Crippen LogP contribution >= 0.6 is 39.5 Å². The van der Waals surface area contributed by atoms with Crippen LogP contribution in [0.15, 0.2) is 34.2 Å². The van der Waals surface area contributed by atoms with Gasteiger partial charge in [-0.15, -0.1) is 11.3 Å². The predicted octanol–water partition coefficient (Wildman–Crippen LogP) is 4.33. The summed E-state index contributed by atoms with van der Waals surface area (Å²) in [4.78, 5) is 16.3. The molecule has 22 heavy (non-hydrogen) atoms. The Kier molecular flexibility index (Phi) is 5.31. The van der Waals surface area contributed by atoms with E-state index in [0.29, 0.717) is 10.7 Å². The molecule has 0 bridgehead atoms. The highest BCUT2D eigenvalue weighted by molar-refractivity contribution is 9.10. The predicted molar refractivity (Wildman–Crippen MR) is 98.6 cm³/mol. The van der Waals surface area contributed by atoms with Crippen molar-refractivity contribution in [1.82, 2.24) is 10.3 Å². The molecule has 0 aliphatic heterocycles. The van der Waals surface area contributed by atoms with Gasteiger partial charge >= 0.3 is 0 Å². The average Bonchev–Trinajstić information content (AvgIpc) is 2.89. The van der Waals surface area contributed by atoms with Gasteiger partial charge in [-0.2, -0.15) is 0 Å². The third-order valence-corrected chi connectivity index (χ3v) is 4.47. The maximum atomic E-state index is 12.2. The summed E-state index contributed by atoms with van der Waals surface area (Å²) in [6, 6.07) is 5.56. The molecule has 0 spiro atoms. The number of nitrogens with one attached hydrogen (secondary N) is 2. The second kappa shape index (κ2) is 6.85. The van der Waals surface area contributed by atoms with E-state index in [4.69, 9.17) is 12.2 Å². The highest BCUT2D eigenvalue weighted by Gasteiger charge is 2.18. The van der Waals surface area contributed by atoms with Gasteiger partial charge in [0.05, 0.1) is 0 Å². The number of thiocarbonyl (C=S) groups is 1. The highest BCUT2D eigenvalue weighted by atomic mass is 79.9. The number of rotatable bonds is 2. The summed E-state index contributed by atoms with van der Waals surface area (Å²) in [5.41, 5.74) is 1.70. The molecule has 0 saturated carbocycles. The topological polar surface area (TPSA) is 54.0 Å². The number of hydrogen-bond donors (Lipinski definition) is 2. The number of carbonyl (C=O) groups excluding carboxylic acids is 1. The molecule has 0 unspecified atom stereocenters. The Labute approximate surface area is 147 Å². The van der Waals surface area contributed by atoms with E-state index in [1.165, 1.54) is 11.3 Å². The third-order valence-electron chi connectivity index (χ3n) is 2.92. The van der Waals surface area contributed by atoms with Crippen LogP contribution in [0.3, 0.4) is 0 Å². The summed E-state index contributed by atoms with van der Waals surface area (Å²) >= 11 is 10.0. The molecule has 1 aromatic carbocycles. The average molecular weight is 398 g/mol. The Morgan fingerprint density at radius 2 is 2.09 bits per heavy atom. The Morgan fingerprint density at radius 1 is 1.36 bits per heavy atom. The van der Waals surface area contributed by atoms with Crippen LogP contribution in [0.4, 0.5) is 5.13 Å². The van der Waals surface area contributed by atoms with Gasteiger partial charge in [-0.05, 0) is 35.3 Å². The van der Waals surface area contributed by atoms with Gasteiger partial charge in [0.25, 0.3) is 5.91 Å². The first-order valence-corrected chi connectivity index (χ1v) is 8.67. The molecular formula is C15H16BrN3OS2. The monoisotopic (exact) mass is 397 g/mol. The lowest BCUT2D eigenvalue weighted by molar-refractivity contribution is 0.0977. The van der Waals surface area contributed by atoms with E-state index in [9.17, 15) is 4.79 Å². The molecule has 7 heteroatoms. The van der Waals surface area contributed by atoms with E-state index in [-0.39, 0.29) is 16.4 Å². The number of nitrogens with zero attached hydrogens (tertiary/aromatic N) is 1. The molecular weight excluding hydrogens is 382 g/mol. The number of thiazole rings is 1. The van der Waals surface area contributed by atoms with Crippen LogP contribution in [0.25, 0.3) is 0 Å². The first-order valence-electron chi connectivity index (χ1n) is 6.59. The number of carbonyl (C=O) groups is 1. The summed E-state index contributed by atoms with van der Waals surface area (Å²) in [7, 11) is 0. The van der Waals surface area contributed by atoms with Gasteiger partial charge in [0.2, 0.25) is 0 Å². The third kappa shape index (κ3) is 4.34. The number of amides is 1. The van der Waals surface area contributed by atoms with Crippen molar-refractivity contribution >= 4 is 55.6 Å². The van der Waals surface area contributed by atoms with Crippen LogP contribution in [-0.2, 0) is 5.41 Å². The van der Waals surface area contributed by atoms with Crippen molar-refractivity contribution in [2.45, 2.75) is 26.2 Å². The summed E-state index contributed by atoms with van der Waals surface area (Å²) in [6.07, 6.45) is 1.67. The number of halogens is 1. The molecule has 4 nitrogen and oxygen atoms in total. The molecule has 1 aromatic heterocycles. The number of hydrogen-bond acceptors (Lipinski definition) is 4. The zero-order valence-corrected chi connectivity index (χ0v) is 15.7. The number of anilines is 1. The second-order valence-corrected chi connectivity index (χ2v) is 7.85. The van der Waals surface area contributed by atoms with Crippen molar-refractivity contribution in [3.8, 4) is 0 Å². The first kappa shape index (κ1) is 17.1. The highest BCUT2D eigenvalue weighted by Crippen LogP contribution is 2.30. The van der Waals surface area contributed by atoms with Crippen molar-refractivity contribution < 1.29 is 4.79 Å². The molecule has 0 aliphatic rings. The maximum absolute atomic E-state index is 12.2. The van der Waals surface area contributed by atoms with Crippen LogP contribution in [0.1, 0.15) is 36.7 Å². The zero-order valence-electron chi connectivity index (χ0n) is 12.4. The molecule has 0 atom stereocenters. The van der Waals surface area contributed by atoms with Crippen LogP contribution in [0.5, 0.6) is 0 Å². The van der Waals surface area contributed by atoms with Gasteiger partial charge in [-0.25, -0.2) is 4.98 Å². The molecule has 1 amide bonds. The fraction of sp³-hybridized carbons (Fsp3) is 0.267. The second-order valence-electron chi connectivity index (χ2n) is 5.69. The Bertz CT molecular complexity index is 693. The smallest absolute Gasteiger partial charge is 0.257 e. The molecule has 116 valence electrons. The van der Waals surface area contributed by atoms with Crippen molar-refractivity contribution in [2.75, 3.05) is 5.32 Å². The van der Waals surface area contributed by atoms with Crippen molar-refractivity contribution in [3.63, 3.8) is 0 Å². The molecule has 0 saturated heterocycles. The van der Waals surface area contributed by atoms with Crippen molar-refractivity contribution in [1.29, 1.82) is 0 Å². The van der Waals surface area contributed by atoms with E-state index in [1.54, 1.807) is 12.3 Å². The molecule has 0 fully saturated rings. The normalized spacial score (nSPS) is 11.1. The lowest BCUT2D eigenvalue weighted by atomic mass is 9.86. The van der Waals surface area contributed by atoms with Crippen LogP contribution in [0.2, 0.25) is 0 Å². The minimum Gasteiger partial charge on any atom is -0.308 e. The minimum atomic E-state index is -0.254. The van der Waals surface area contributed by atoms with Gasteiger partial charge in [0.15, 0.2) is 10.2 Å².